The van der Waals surface area contributed by atoms with Crippen molar-refractivity contribution in [3.63, 3.8) is 0 Å². The Morgan fingerprint density at radius 2 is 2.06 bits per heavy atom. The zero-order chi connectivity index (χ0) is 11.2. The van der Waals surface area contributed by atoms with Crippen molar-refractivity contribution in [3.05, 3.63) is 28.8 Å². The Hall–Kier alpha value is -0.730. The molecule has 2 aliphatic rings. The molecule has 86 valence electrons. The van der Waals surface area contributed by atoms with Crippen LogP contribution in [0.15, 0.2) is 18.2 Å². The molecule has 0 aromatic heterocycles. The van der Waals surface area contributed by atoms with Crippen molar-refractivity contribution < 1.29 is 9.47 Å². The Labute approximate surface area is 101 Å². The number of benzene rings is 1. The molecular weight excluding hydrogens is 224 g/mol. The third-order valence-corrected chi connectivity index (χ3v) is 3.78. The Bertz CT molecular complexity index is 410. The van der Waals surface area contributed by atoms with Gasteiger partial charge in [0.05, 0.1) is 11.1 Å². The lowest BCUT2D eigenvalue weighted by Crippen LogP contribution is -2.40. The molecule has 0 radical (unpaired) electrons. The minimum absolute atomic E-state index is 0.0700. The second-order valence-corrected chi connectivity index (χ2v) is 5.05. The van der Waals surface area contributed by atoms with Crippen LogP contribution < -0.4 is 4.74 Å². The summed E-state index contributed by atoms with van der Waals surface area (Å²) in [4.78, 5) is 0. The van der Waals surface area contributed by atoms with E-state index in [0.29, 0.717) is 5.02 Å². The van der Waals surface area contributed by atoms with Crippen molar-refractivity contribution in [2.45, 2.75) is 44.5 Å². The number of fused-ring (bicyclic) bond motifs is 1. The van der Waals surface area contributed by atoms with E-state index in [-0.39, 0.29) is 6.10 Å². The zero-order valence-corrected chi connectivity index (χ0v) is 10.1. The van der Waals surface area contributed by atoms with Gasteiger partial charge in [-0.1, -0.05) is 23.7 Å². The van der Waals surface area contributed by atoms with E-state index in [1.807, 2.05) is 18.2 Å². The third kappa shape index (κ3) is 1.52. The highest BCUT2D eigenvalue weighted by atomic mass is 35.5. The van der Waals surface area contributed by atoms with Gasteiger partial charge in [-0.05, 0) is 25.8 Å². The van der Waals surface area contributed by atoms with Gasteiger partial charge in [0.2, 0.25) is 5.79 Å². The van der Waals surface area contributed by atoms with Gasteiger partial charge in [-0.15, -0.1) is 0 Å². The lowest BCUT2D eigenvalue weighted by atomic mass is 10.1. The van der Waals surface area contributed by atoms with Crippen molar-refractivity contribution >= 4 is 11.6 Å². The van der Waals surface area contributed by atoms with Gasteiger partial charge in [-0.25, -0.2) is 0 Å². The molecule has 1 atom stereocenters. The van der Waals surface area contributed by atoms with Gasteiger partial charge in [-0.2, -0.15) is 0 Å². The molecule has 3 heteroatoms. The van der Waals surface area contributed by atoms with Crippen molar-refractivity contribution in [2.24, 2.45) is 0 Å². The summed E-state index contributed by atoms with van der Waals surface area (Å²) in [6.07, 6.45) is 4.36. The van der Waals surface area contributed by atoms with Crippen LogP contribution in [-0.4, -0.2) is 5.79 Å². The van der Waals surface area contributed by atoms with E-state index in [4.69, 9.17) is 21.1 Å². The van der Waals surface area contributed by atoms with Crippen LogP contribution in [0.3, 0.4) is 0 Å². The molecule has 2 nitrogen and oxygen atoms in total. The van der Waals surface area contributed by atoms with Crippen molar-refractivity contribution in [3.8, 4) is 5.75 Å². The molecule has 1 spiro atoms. The van der Waals surface area contributed by atoms with Crippen molar-refractivity contribution in [1.29, 1.82) is 0 Å². The highest BCUT2D eigenvalue weighted by Gasteiger charge is 2.43. The van der Waals surface area contributed by atoms with Crippen LogP contribution in [0, 0.1) is 0 Å². The molecule has 16 heavy (non-hydrogen) atoms. The monoisotopic (exact) mass is 238 g/mol. The molecular formula is C13H15ClO2. The predicted octanol–water partition coefficient (Wildman–Crippen LogP) is 4.08. The third-order valence-electron chi connectivity index (χ3n) is 3.48. The molecule has 1 saturated carbocycles. The maximum atomic E-state index is 6.19. The molecule has 1 aliphatic heterocycles. The summed E-state index contributed by atoms with van der Waals surface area (Å²) >= 11 is 6.19. The van der Waals surface area contributed by atoms with Crippen LogP contribution in [-0.2, 0) is 4.74 Å². The van der Waals surface area contributed by atoms with E-state index < -0.39 is 5.79 Å². The standard InChI is InChI=1S/C13H15ClO2/c1-9-10-5-4-6-11(14)12(10)16-13(15-9)7-2-3-8-13/h4-6,9H,2-3,7-8H2,1H3/t9-/m1/s1. The summed E-state index contributed by atoms with van der Waals surface area (Å²) < 4.78 is 12.1. The molecule has 0 saturated heterocycles. The second kappa shape index (κ2) is 3.64. The summed E-state index contributed by atoms with van der Waals surface area (Å²) in [5, 5.41) is 0.693. The fourth-order valence-electron chi connectivity index (χ4n) is 2.68. The van der Waals surface area contributed by atoms with Crippen LogP contribution in [0.1, 0.15) is 44.3 Å². The Morgan fingerprint density at radius 3 is 2.81 bits per heavy atom. The summed E-state index contributed by atoms with van der Waals surface area (Å²) in [5.41, 5.74) is 1.06. The number of halogens is 1. The molecule has 1 heterocycles. The van der Waals surface area contributed by atoms with Gasteiger partial charge in [-0.3, -0.25) is 0 Å². The molecule has 0 bridgehead atoms. The van der Waals surface area contributed by atoms with Gasteiger partial charge in [0, 0.05) is 18.4 Å². The Morgan fingerprint density at radius 1 is 1.31 bits per heavy atom. The smallest absolute Gasteiger partial charge is 0.211 e. The average molecular weight is 239 g/mol. The number of ether oxygens (including phenoxy) is 2. The van der Waals surface area contributed by atoms with Crippen LogP contribution in [0.4, 0.5) is 0 Å². The van der Waals surface area contributed by atoms with Gasteiger partial charge in [0.15, 0.2) is 0 Å². The van der Waals surface area contributed by atoms with E-state index >= 15 is 0 Å². The molecule has 0 unspecified atom stereocenters. The largest absolute Gasteiger partial charge is 0.460 e. The fourth-order valence-corrected chi connectivity index (χ4v) is 2.90. The molecule has 0 N–H and O–H groups in total. The number of hydrogen-bond donors (Lipinski definition) is 0. The first-order valence-electron chi connectivity index (χ1n) is 5.85. The first kappa shape index (κ1) is 10.4. The lowest BCUT2D eigenvalue weighted by Gasteiger charge is -2.39. The molecule has 1 aromatic carbocycles. The summed E-state index contributed by atoms with van der Waals surface area (Å²) in [5.74, 6) is 0.419. The zero-order valence-electron chi connectivity index (χ0n) is 9.33. The Kier molecular flexibility index (Phi) is 2.37. The summed E-state index contributed by atoms with van der Waals surface area (Å²) in [6, 6.07) is 5.84. The number of hydrogen-bond acceptors (Lipinski definition) is 2. The summed E-state index contributed by atoms with van der Waals surface area (Å²) in [6.45, 7) is 2.07. The molecule has 1 fully saturated rings. The van der Waals surface area contributed by atoms with Gasteiger partial charge < -0.3 is 9.47 Å². The van der Waals surface area contributed by atoms with Crippen LogP contribution >= 0.6 is 11.6 Å². The maximum Gasteiger partial charge on any atom is 0.211 e. The molecule has 1 aromatic rings. The predicted molar refractivity (Wildman–Crippen MR) is 62.8 cm³/mol. The topological polar surface area (TPSA) is 18.5 Å². The van der Waals surface area contributed by atoms with E-state index in [2.05, 4.69) is 6.92 Å². The van der Waals surface area contributed by atoms with Gasteiger partial charge in [0.1, 0.15) is 5.75 Å². The fraction of sp³-hybridized carbons (Fsp3) is 0.538. The molecule has 1 aliphatic carbocycles. The van der Waals surface area contributed by atoms with E-state index in [0.717, 1.165) is 24.2 Å². The SMILES string of the molecule is C[C@H]1OC2(CCCC2)Oc2c(Cl)cccc21. The first-order valence-corrected chi connectivity index (χ1v) is 6.23. The van der Waals surface area contributed by atoms with E-state index in [9.17, 15) is 0 Å². The van der Waals surface area contributed by atoms with Crippen LogP contribution in [0.2, 0.25) is 5.02 Å². The molecule has 3 rings (SSSR count). The van der Waals surface area contributed by atoms with Gasteiger partial charge in [0.25, 0.3) is 0 Å². The first-order chi connectivity index (χ1) is 7.70. The quantitative estimate of drug-likeness (QED) is 0.678. The van der Waals surface area contributed by atoms with Crippen molar-refractivity contribution in [1.82, 2.24) is 0 Å². The highest BCUT2D eigenvalue weighted by molar-refractivity contribution is 6.32. The van der Waals surface area contributed by atoms with E-state index in [1.165, 1.54) is 12.8 Å². The highest BCUT2D eigenvalue weighted by Crippen LogP contribution is 2.47. The normalized spacial score (nSPS) is 26.5. The van der Waals surface area contributed by atoms with E-state index in [1.54, 1.807) is 0 Å². The van der Waals surface area contributed by atoms with Gasteiger partial charge >= 0.3 is 0 Å². The van der Waals surface area contributed by atoms with Crippen molar-refractivity contribution in [2.75, 3.05) is 0 Å². The lowest BCUT2D eigenvalue weighted by molar-refractivity contribution is -0.221. The molecule has 0 amide bonds. The Balaban J connectivity index is 2.04. The second-order valence-electron chi connectivity index (χ2n) is 4.64. The van der Waals surface area contributed by atoms with Crippen LogP contribution in [0.25, 0.3) is 0 Å². The van der Waals surface area contributed by atoms with Crippen LogP contribution in [0.5, 0.6) is 5.75 Å². The number of rotatable bonds is 0. The average Bonchev–Trinajstić information content (AvgIpc) is 2.68. The maximum absolute atomic E-state index is 6.19. The number of para-hydroxylation sites is 1. The minimum Gasteiger partial charge on any atom is -0.460 e. The summed E-state index contributed by atoms with van der Waals surface area (Å²) in [7, 11) is 0. The minimum atomic E-state index is -0.405.